The number of allylic oxidation sites excluding steroid dienone is 1. The van der Waals surface area contributed by atoms with Gasteiger partial charge in [-0.25, -0.2) is 0 Å². The van der Waals surface area contributed by atoms with E-state index in [1.54, 1.807) is 0 Å². The van der Waals surface area contributed by atoms with Gasteiger partial charge in [0.05, 0.1) is 44.4 Å². The summed E-state index contributed by atoms with van der Waals surface area (Å²) in [5.41, 5.74) is 0.0837. The Morgan fingerprint density at radius 2 is 1.29 bits per heavy atom. The third-order valence-corrected chi connectivity index (χ3v) is 17.3. The fraction of sp³-hybridized carbons (Fsp3) is 0.933. The largest absolute Gasteiger partial charge is 0.494 e. The molecule has 0 bridgehead atoms. The van der Waals surface area contributed by atoms with Crippen molar-refractivity contribution in [1.29, 1.82) is 0 Å². The number of carbonyl (C=O) groups excluding carboxylic acids is 1. The van der Waals surface area contributed by atoms with Crippen LogP contribution in [0.5, 0.6) is 0 Å². The van der Waals surface area contributed by atoms with Gasteiger partial charge in [0.1, 0.15) is 85.1 Å². The summed E-state index contributed by atoms with van der Waals surface area (Å²) in [6.45, 7) is 6.57. The van der Waals surface area contributed by atoms with Crippen LogP contribution in [-0.2, 0) is 38.0 Å². The number of fused-ring (bicyclic) bond motifs is 7. The molecule has 20 heteroatoms. The van der Waals surface area contributed by atoms with Crippen molar-refractivity contribution >= 4 is 5.78 Å². The van der Waals surface area contributed by atoms with E-state index in [-0.39, 0.29) is 54.0 Å². The summed E-state index contributed by atoms with van der Waals surface area (Å²) in [5, 5.41) is 125. The van der Waals surface area contributed by atoms with Gasteiger partial charge in [0.2, 0.25) is 0 Å². The van der Waals surface area contributed by atoms with Crippen molar-refractivity contribution < 1.29 is 99.2 Å². The lowest BCUT2D eigenvalue weighted by Gasteiger charge is -2.61. The molecule has 372 valence electrons. The second kappa shape index (κ2) is 19.4. The Morgan fingerprint density at radius 1 is 0.708 bits per heavy atom. The average molecular weight is 933 g/mol. The minimum absolute atomic E-state index is 0.00305. The second-order valence-electron chi connectivity index (χ2n) is 20.9. The zero-order valence-corrected chi connectivity index (χ0v) is 37.5. The van der Waals surface area contributed by atoms with Crippen LogP contribution in [0.3, 0.4) is 0 Å². The summed E-state index contributed by atoms with van der Waals surface area (Å²) in [6, 6.07) is 0. The van der Waals surface area contributed by atoms with E-state index in [1.807, 2.05) is 6.92 Å². The Hall–Kier alpha value is -1.51. The topological polar surface area (TPSA) is 324 Å². The van der Waals surface area contributed by atoms with Crippen molar-refractivity contribution in [2.24, 2.45) is 46.3 Å². The van der Waals surface area contributed by atoms with Crippen molar-refractivity contribution in [3.8, 4) is 0 Å². The molecule has 4 heterocycles. The fourth-order valence-corrected chi connectivity index (χ4v) is 13.4. The number of ketones is 1. The SMILES string of the molecule is CC1=C(CC[C@@H](C)CO[C@@H]2O[C@H](CO)[C@@H](O)[C@H](O)[C@H]2O)O[C@H]2C[C@H]3[C@@H]4CC[C@H]5C[C@@H](O[C@@H]6O[C@H](CO)[C@H](O[C@@H]7O[C@H](CO)[C@@H](O)[C@H](O)[C@H]7O)[C@H](O)[C@H]6O)[C@H](O)C[C@]5(C)[C@H]4CC(=O)[C@]3(C)[C@@H]12. The van der Waals surface area contributed by atoms with Crippen LogP contribution in [0.4, 0.5) is 0 Å². The van der Waals surface area contributed by atoms with Crippen molar-refractivity contribution in [3.05, 3.63) is 11.3 Å². The molecule has 4 aliphatic heterocycles. The van der Waals surface area contributed by atoms with E-state index in [4.69, 9.17) is 33.2 Å². The van der Waals surface area contributed by atoms with Crippen molar-refractivity contribution in [2.75, 3.05) is 26.4 Å². The number of hydrogen-bond donors (Lipinski definition) is 12. The van der Waals surface area contributed by atoms with Gasteiger partial charge in [-0.3, -0.25) is 4.79 Å². The van der Waals surface area contributed by atoms with Crippen LogP contribution >= 0.6 is 0 Å². The first-order valence-electron chi connectivity index (χ1n) is 23.5. The van der Waals surface area contributed by atoms with Gasteiger partial charge in [-0.05, 0) is 86.0 Å². The summed E-state index contributed by atoms with van der Waals surface area (Å²) < 4.78 is 41.2. The predicted molar refractivity (Wildman–Crippen MR) is 219 cm³/mol. The highest BCUT2D eigenvalue weighted by atomic mass is 16.7. The molecule has 65 heavy (non-hydrogen) atoms. The summed E-state index contributed by atoms with van der Waals surface area (Å²) >= 11 is 0. The van der Waals surface area contributed by atoms with E-state index in [2.05, 4.69) is 20.8 Å². The van der Waals surface area contributed by atoms with Gasteiger partial charge in [0.15, 0.2) is 18.9 Å². The fourth-order valence-electron chi connectivity index (χ4n) is 13.4. The molecular weight excluding hydrogens is 860 g/mol. The molecule has 0 aromatic heterocycles. The first-order valence-corrected chi connectivity index (χ1v) is 23.5. The first-order chi connectivity index (χ1) is 30.8. The molecule has 0 spiro atoms. The van der Waals surface area contributed by atoms with Gasteiger partial charge in [0, 0.05) is 24.2 Å². The Balaban J connectivity index is 0.871. The molecule has 7 fully saturated rings. The third-order valence-electron chi connectivity index (χ3n) is 17.3. The standard InChI is InChI=1S/C45H72O20/c1-17(16-59-41-37(56)34(53)32(51)27(13-46)62-41)5-8-24-18(2)31-26(60-24)10-22-20-7-6-19-9-25(23(49)12-44(19,3)21(20)11-30(50)45(22,31)4)61-42-39(58)36(55)40(29(15-48)64-42)65-43-38(57)35(54)33(52)28(14-47)63-43/h17,19-23,25-29,31-43,46-49,51-58H,5-16H2,1-4H3/t17-,19+,20-,21+,22+,23-,25-,26+,27-,28-,29-,31+,32-,33-,34+,35+,36-,37-,38-,39-,40+,41-,42-,43+,44+,45-/m1/s1. The smallest absolute Gasteiger partial charge is 0.187 e. The molecular formula is C45H72O20. The molecule has 20 nitrogen and oxygen atoms in total. The van der Waals surface area contributed by atoms with Crippen LogP contribution in [-0.4, -0.2) is 204 Å². The van der Waals surface area contributed by atoms with E-state index in [1.165, 1.54) is 0 Å². The first kappa shape index (κ1) is 49.9. The number of carbonyl (C=O) groups is 1. The monoisotopic (exact) mass is 932 g/mol. The number of hydrogen-bond acceptors (Lipinski definition) is 20. The summed E-state index contributed by atoms with van der Waals surface area (Å²) in [4.78, 5) is 14.6. The summed E-state index contributed by atoms with van der Waals surface area (Å²) in [5.74, 6) is 1.45. The molecule has 26 atom stereocenters. The van der Waals surface area contributed by atoms with Crippen LogP contribution in [0.2, 0.25) is 0 Å². The Bertz CT molecular complexity index is 1700. The number of ether oxygens (including phenoxy) is 7. The summed E-state index contributed by atoms with van der Waals surface area (Å²) in [6.07, 6.45) is -19.7. The molecule has 0 amide bonds. The molecule has 4 saturated carbocycles. The summed E-state index contributed by atoms with van der Waals surface area (Å²) in [7, 11) is 0. The number of Topliss-reactive ketones (excluding diaryl/α,β-unsaturated/α-hetero) is 1. The lowest BCUT2D eigenvalue weighted by molar-refractivity contribution is -0.366. The molecule has 0 aromatic carbocycles. The third kappa shape index (κ3) is 8.66. The van der Waals surface area contributed by atoms with E-state index < -0.39 is 135 Å². The predicted octanol–water partition coefficient (Wildman–Crippen LogP) is -2.68. The van der Waals surface area contributed by atoms with Crippen LogP contribution in [0.15, 0.2) is 11.3 Å². The highest BCUT2D eigenvalue weighted by Crippen LogP contribution is 2.69. The minimum atomic E-state index is -1.80. The maximum atomic E-state index is 14.6. The number of aliphatic hydroxyl groups excluding tert-OH is 12. The van der Waals surface area contributed by atoms with Crippen molar-refractivity contribution in [1.82, 2.24) is 0 Å². The average Bonchev–Trinajstić information content (AvgIpc) is 3.77. The Morgan fingerprint density at radius 3 is 1.94 bits per heavy atom. The number of aliphatic hydroxyl groups is 12. The lowest BCUT2D eigenvalue weighted by Crippen LogP contribution is -2.65. The van der Waals surface area contributed by atoms with Gasteiger partial charge < -0.3 is 94.4 Å². The maximum absolute atomic E-state index is 14.6. The van der Waals surface area contributed by atoms with Crippen molar-refractivity contribution in [3.63, 3.8) is 0 Å². The Labute approximate surface area is 378 Å². The number of rotatable bonds is 13. The molecule has 12 N–H and O–H groups in total. The highest BCUT2D eigenvalue weighted by Gasteiger charge is 2.68. The zero-order valence-electron chi connectivity index (χ0n) is 37.5. The second-order valence-corrected chi connectivity index (χ2v) is 20.9. The molecule has 8 aliphatic rings. The Kier molecular flexibility index (Phi) is 14.9. The van der Waals surface area contributed by atoms with E-state index in [9.17, 15) is 66.1 Å². The molecule has 0 aromatic rings. The molecule has 3 saturated heterocycles. The zero-order chi connectivity index (χ0) is 47.0. The highest BCUT2D eigenvalue weighted by molar-refractivity contribution is 5.87. The van der Waals surface area contributed by atoms with Gasteiger partial charge >= 0.3 is 0 Å². The van der Waals surface area contributed by atoms with E-state index in [0.717, 1.165) is 30.6 Å². The molecule has 0 unspecified atom stereocenters. The minimum Gasteiger partial charge on any atom is -0.494 e. The van der Waals surface area contributed by atoms with Crippen LogP contribution < -0.4 is 0 Å². The van der Waals surface area contributed by atoms with Gasteiger partial charge in [-0.2, -0.15) is 0 Å². The van der Waals surface area contributed by atoms with Gasteiger partial charge in [-0.1, -0.05) is 20.8 Å². The quantitative estimate of drug-likeness (QED) is 0.0838. The molecule has 0 radical (unpaired) electrons. The normalized spacial score (nSPS) is 52.6. The van der Waals surface area contributed by atoms with Crippen LogP contribution in [0.25, 0.3) is 0 Å². The molecule has 8 rings (SSSR count). The van der Waals surface area contributed by atoms with Crippen LogP contribution in [0, 0.1) is 46.3 Å². The van der Waals surface area contributed by atoms with Crippen molar-refractivity contribution in [2.45, 2.75) is 189 Å². The van der Waals surface area contributed by atoms with Gasteiger partial charge in [0.25, 0.3) is 0 Å². The van der Waals surface area contributed by atoms with Crippen LogP contribution in [0.1, 0.15) is 79.1 Å². The molecule has 4 aliphatic carbocycles. The van der Waals surface area contributed by atoms with E-state index in [0.29, 0.717) is 32.1 Å². The lowest BCUT2D eigenvalue weighted by atomic mass is 9.44. The van der Waals surface area contributed by atoms with Gasteiger partial charge in [-0.15, -0.1) is 0 Å². The van der Waals surface area contributed by atoms with E-state index >= 15 is 0 Å². The maximum Gasteiger partial charge on any atom is 0.187 e.